The molecule has 3 amide bonds. The molecule has 3 aromatic rings. The Morgan fingerprint density at radius 1 is 1.05 bits per heavy atom. The minimum atomic E-state index is -0.522. The number of H-pyrrole nitrogens is 1. The van der Waals surface area contributed by atoms with Gasteiger partial charge >= 0.3 is 0 Å². The maximum atomic E-state index is 12.9. The molecule has 0 radical (unpaired) electrons. The van der Waals surface area contributed by atoms with Crippen LogP contribution in [0.5, 0.6) is 5.75 Å². The summed E-state index contributed by atoms with van der Waals surface area (Å²) in [6.45, 7) is 3.34. The number of aromatic amines is 1. The van der Waals surface area contributed by atoms with Gasteiger partial charge in [-0.3, -0.25) is 19.5 Å². The number of benzene rings is 2. The van der Waals surface area contributed by atoms with Crippen molar-refractivity contribution in [2.75, 3.05) is 36.9 Å². The van der Waals surface area contributed by atoms with Crippen LogP contribution in [0.15, 0.2) is 42.6 Å². The van der Waals surface area contributed by atoms with Crippen molar-refractivity contribution in [1.29, 1.82) is 0 Å². The smallest absolute Gasteiger partial charge is 0.274 e. The van der Waals surface area contributed by atoms with Crippen LogP contribution in [0.4, 0.5) is 11.4 Å². The van der Waals surface area contributed by atoms with Gasteiger partial charge in [0.2, 0.25) is 5.91 Å². The van der Waals surface area contributed by atoms with E-state index in [2.05, 4.69) is 31.0 Å². The summed E-state index contributed by atoms with van der Waals surface area (Å²) in [4.78, 5) is 39.7. The quantitative estimate of drug-likeness (QED) is 0.245. The zero-order valence-electron chi connectivity index (χ0n) is 22.5. The molecule has 1 aromatic heterocycles. The zero-order valence-corrected chi connectivity index (χ0v) is 24.0. The van der Waals surface area contributed by atoms with Gasteiger partial charge in [0.25, 0.3) is 11.8 Å². The van der Waals surface area contributed by atoms with Crippen LogP contribution in [-0.4, -0.2) is 65.1 Å². The summed E-state index contributed by atoms with van der Waals surface area (Å²) in [5, 5.41) is 15.7. The van der Waals surface area contributed by atoms with Gasteiger partial charge in [-0.05, 0) is 62.4 Å². The van der Waals surface area contributed by atoms with Crippen molar-refractivity contribution in [3.8, 4) is 5.75 Å². The molecule has 2 aliphatic heterocycles. The molecule has 12 heteroatoms. The van der Waals surface area contributed by atoms with Crippen LogP contribution in [0.1, 0.15) is 58.5 Å². The number of likely N-dealkylation sites (tertiary alicyclic amines) is 1. The highest BCUT2D eigenvalue weighted by atomic mass is 35.5. The molecule has 0 unspecified atom stereocenters. The number of fused-ring (bicyclic) bond motifs is 1. The Kier molecular flexibility index (Phi) is 9.43. The first kappa shape index (κ1) is 28.9. The van der Waals surface area contributed by atoms with Crippen molar-refractivity contribution in [2.45, 2.75) is 44.6 Å². The van der Waals surface area contributed by atoms with Crippen molar-refractivity contribution in [3.05, 3.63) is 69.5 Å². The number of aromatic nitrogens is 2. The lowest BCUT2D eigenvalue weighted by atomic mass is 10.0. The number of hydrogen-bond donors (Lipinski definition) is 4. The van der Waals surface area contributed by atoms with Crippen LogP contribution >= 0.6 is 23.2 Å². The molecule has 0 spiro atoms. The van der Waals surface area contributed by atoms with Crippen molar-refractivity contribution < 1.29 is 19.1 Å². The summed E-state index contributed by atoms with van der Waals surface area (Å²) in [7, 11) is 0. The number of ether oxygens (including phenoxy) is 1. The van der Waals surface area contributed by atoms with Gasteiger partial charge in [-0.15, -0.1) is 0 Å². The molecule has 4 N–H and O–H groups in total. The number of amides is 3. The van der Waals surface area contributed by atoms with E-state index < -0.39 is 5.91 Å². The number of hydrogen-bond acceptors (Lipinski definition) is 6. The number of carbonyl (C=O) groups is 3. The van der Waals surface area contributed by atoms with E-state index in [0.717, 1.165) is 68.7 Å². The van der Waals surface area contributed by atoms with Crippen LogP contribution in [0.3, 0.4) is 0 Å². The van der Waals surface area contributed by atoms with Gasteiger partial charge in [0.05, 0.1) is 27.9 Å². The van der Waals surface area contributed by atoms with E-state index in [9.17, 15) is 14.4 Å². The first-order valence-electron chi connectivity index (χ1n) is 13.8. The molecule has 5 rings (SSSR count). The highest BCUT2D eigenvalue weighted by molar-refractivity contribution is 6.40. The standard InChI is InChI=1S/C29H32Cl2N6O4/c30-21-4-3-5-22(31)26(21)28(39)35-24-17-32-36-27(24)29(40)33-19-10-13-37(14-11-19)12-1-2-15-41-20-8-6-18-7-9-25(38)34-23(18)16-20/h3-6,8,16-17,19H,1-2,7,9-15H2,(H,32,36)(H,33,40)(H,34,38)(H,35,39). The van der Waals surface area contributed by atoms with E-state index >= 15 is 0 Å². The van der Waals surface area contributed by atoms with Gasteiger partial charge in [0.1, 0.15) is 5.75 Å². The Morgan fingerprint density at radius 2 is 1.83 bits per heavy atom. The van der Waals surface area contributed by atoms with Gasteiger partial charge in [-0.2, -0.15) is 5.10 Å². The Balaban J connectivity index is 1.01. The second-order valence-electron chi connectivity index (χ2n) is 10.2. The summed E-state index contributed by atoms with van der Waals surface area (Å²) >= 11 is 12.3. The third-order valence-electron chi connectivity index (χ3n) is 7.33. The molecule has 0 atom stereocenters. The fourth-order valence-electron chi connectivity index (χ4n) is 5.08. The Bertz CT molecular complexity index is 1400. The predicted octanol–water partition coefficient (Wildman–Crippen LogP) is 4.91. The average Bonchev–Trinajstić information content (AvgIpc) is 3.41. The maximum absolute atomic E-state index is 12.9. The monoisotopic (exact) mass is 598 g/mol. The number of nitrogens with zero attached hydrogens (tertiary/aromatic N) is 2. The number of aryl methyl sites for hydroxylation is 1. The van der Waals surface area contributed by atoms with Crippen LogP contribution in [0.25, 0.3) is 0 Å². The van der Waals surface area contributed by atoms with Gasteiger partial charge in [0.15, 0.2) is 5.69 Å². The largest absolute Gasteiger partial charge is 0.494 e. The number of anilines is 2. The third kappa shape index (κ3) is 7.38. The number of halogens is 2. The topological polar surface area (TPSA) is 128 Å². The second kappa shape index (κ2) is 13.4. The number of piperidine rings is 1. The lowest BCUT2D eigenvalue weighted by molar-refractivity contribution is -0.116. The normalized spacial score (nSPS) is 15.6. The van der Waals surface area contributed by atoms with Crippen molar-refractivity contribution in [1.82, 2.24) is 20.4 Å². The van der Waals surface area contributed by atoms with Gasteiger partial charge in [0, 0.05) is 43.5 Å². The molecule has 3 heterocycles. The van der Waals surface area contributed by atoms with Gasteiger partial charge in [-0.1, -0.05) is 35.3 Å². The highest BCUT2D eigenvalue weighted by Crippen LogP contribution is 2.28. The van der Waals surface area contributed by atoms with E-state index in [1.165, 1.54) is 6.20 Å². The fraction of sp³-hybridized carbons (Fsp3) is 0.379. The molecule has 10 nitrogen and oxygen atoms in total. The number of carbonyl (C=O) groups excluding carboxylic acids is 3. The van der Waals surface area contributed by atoms with E-state index in [1.54, 1.807) is 18.2 Å². The SMILES string of the molecule is O=C1CCc2ccc(OCCCCN3CCC(NC(=O)c4n[nH]cc4NC(=O)c4c(Cl)cccc4Cl)CC3)cc2N1. The molecule has 216 valence electrons. The lowest BCUT2D eigenvalue weighted by Gasteiger charge is -2.32. The van der Waals surface area contributed by atoms with Crippen LogP contribution in [-0.2, 0) is 11.2 Å². The fourth-order valence-corrected chi connectivity index (χ4v) is 5.65. The first-order chi connectivity index (χ1) is 19.9. The van der Waals surface area contributed by atoms with Crippen molar-refractivity contribution in [2.24, 2.45) is 0 Å². The number of nitrogens with one attached hydrogen (secondary N) is 4. The maximum Gasteiger partial charge on any atom is 0.274 e. The van der Waals surface area contributed by atoms with E-state index in [1.807, 2.05) is 18.2 Å². The first-order valence-corrected chi connectivity index (χ1v) is 14.5. The Morgan fingerprint density at radius 3 is 2.61 bits per heavy atom. The molecule has 0 bridgehead atoms. The van der Waals surface area contributed by atoms with Gasteiger partial charge < -0.3 is 25.6 Å². The molecule has 0 saturated carbocycles. The Labute approximate surface area is 248 Å². The van der Waals surface area contributed by atoms with E-state index in [4.69, 9.17) is 27.9 Å². The molecule has 41 heavy (non-hydrogen) atoms. The molecule has 2 aliphatic rings. The molecular formula is C29H32Cl2N6O4. The summed E-state index contributed by atoms with van der Waals surface area (Å²) in [5.41, 5.74) is 2.49. The average molecular weight is 600 g/mol. The molecule has 2 aromatic carbocycles. The van der Waals surface area contributed by atoms with Crippen LogP contribution in [0.2, 0.25) is 10.0 Å². The van der Waals surface area contributed by atoms with Crippen molar-refractivity contribution in [3.63, 3.8) is 0 Å². The third-order valence-corrected chi connectivity index (χ3v) is 7.96. The molecular weight excluding hydrogens is 567 g/mol. The van der Waals surface area contributed by atoms with E-state index in [-0.39, 0.29) is 44.8 Å². The second-order valence-corrected chi connectivity index (χ2v) is 11.0. The summed E-state index contributed by atoms with van der Waals surface area (Å²) in [6, 6.07) is 10.7. The lowest BCUT2D eigenvalue weighted by Crippen LogP contribution is -2.45. The number of unbranched alkanes of at least 4 members (excludes halogenated alkanes) is 1. The molecule has 0 aliphatic carbocycles. The Hall–Kier alpha value is -3.60. The summed E-state index contributed by atoms with van der Waals surface area (Å²) in [6.07, 6.45) is 6.33. The minimum Gasteiger partial charge on any atom is -0.494 e. The summed E-state index contributed by atoms with van der Waals surface area (Å²) in [5.74, 6) is -0.0578. The summed E-state index contributed by atoms with van der Waals surface area (Å²) < 4.78 is 5.90. The minimum absolute atomic E-state index is 0.0184. The van der Waals surface area contributed by atoms with Crippen LogP contribution < -0.4 is 20.7 Å². The van der Waals surface area contributed by atoms with Crippen molar-refractivity contribution >= 4 is 52.3 Å². The van der Waals surface area contributed by atoms with Gasteiger partial charge in [-0.25, -0.2) is 0 Å². The molecule has 1 saturated heterocycles. The molecule has 1 fully saturated rings. The predicted molar refractivity (Wildman–Crippen MR) is 158 cm³/mol. The van der Waals surface area contributed by atoms with Crippen LogP contribution in [0, 0.1) is 0 Å². The zero-order chi connectivity index (χ0) is 28.8. The van der Waals surface area contributed by atoms with E-state index in [0.29, 0.717) is 13.0 Å². The number of rotatable bonds is 10. The highest BCUT2D eigenvalue weighted by Gasteiger charge is 2.25.